The molecule has 2 saturated heterocycles. The molecule has 0 bridgehead atoms. The van der Waals surface area contributed by atoms with E-state index in [-0.39, 0.29) is 11.8 Å². The van der Waals surface area contributed by atoms with Gasteiger partial charge < -0.3 is 9.80 Å². The Morgan fingerprint density at radius 1 is 1.15 bits per heavy atom. The van der Waals surface area contributed by atoms with Crippen LogP contribution in [0.5, 0.6) is 0 Å². The first-order valence-corrected chi connectivity index (χ1v) is 10.6. The Labute approximate surface area is 170 Å². The molecule has 0 aromatic heterocycles. The molecular formula is C21H28BrN3O2. The lowest BCUT2D eigenvalue weighted by molar-refractivity contribution is -0.136. The molecule has 146 valence electrons. The summed E-state index contributed by atoms with van der Waals surface area (Å²) in [5.41, 5.74) is 0.998. The highest BCUT2D eigenvalue weighted by Crippen LogP contribution is 2.17. The Balaban J connectivity index is 1.45. The number of carbonyl (C=O) groups is 2. The summed E-state index contributed by atoms with van der Waals surface area (Å²) in [4.78, 5) is 31.0. The van der Waals surface area contributed by atoms with Crippen LogP contribution in [-0.2, 0) is 9.59 Å². The molecule has 0 N–H and O–H groups in total. The van der Waals surface area contributed by atoms with Gasteiger partial charge in [-0.05, 0) is 50.0 Å². The smallest absolute Gasteiger partial charge is 0.246 e. The maximum absolute atomic E-state index is 12.6. The average Bonchev–Trinajstić information content (AvgIpc) is 2.67. The second-order valence-corrected chi connectivity index (χ2v) is 8.34. The summed E-state index contributed by atoms with van der Waals surface area (Å²) in [6, 6.07) is 8.23. The van der Waals surface area contributed by atoms with Crippen molar-refractivity contribution in [2.75, 3.05) is 39.3 Å². The Bertz CT molecular complexity index is 698. The number of hydrogen-bond acceptors (Lipinski definition) is 3. The van der Waals surface area contributed by atoms with Crippen LogP contribution in [0, 0.1) is 0 Å². The van der Waals surface area contributed by atoms with Gasteiger partial charge in [0.2, 0.25) is 11.8 Å². The van der Waals surface area contributed by atoms with E-state index >= 15 is 0 Å². The van der Waals surface area contributed by atoms with Crippen LogP contribution in [0.4, 0.5) is 0 Å². The molecule has 27 heavy (non-hydrogen) atoms. The van der Waals surface area contributed by atoms with E-state index in [0.29, 0.717) is 25.7 Å². The fourth-order valence-corrected chi connectivity index (χ4v) is 4.18. The van der Waals surface area contributed by atoms with Crippen molar-refractivity contribution in [2.24, 2.45) is 0 Å². The molecule has 5 nitrogen and oxygen atoms in total. The van der Waals surface area contributed by atoms with Crippen molar-refractivity contribution in [1.29, 1.82) is 0 Å². The van der Waals surface area contributed by atoms with E-state index in [1.165, 1.54) is 6.42 Å². The zero-order valence-electron chi connectivity index (χ0n) is 15.9. The predicted molar refractivity (Wildman–Crippen MR) is 111 cm³/mol. The molecule has 2 amide bonds. The van der Waals surface area contributed by atoms with E-state index in [2.05, 4.69) is 27.8 Å². The van der Waals surface area contributed by atoms with Crippen LogP contribution in [0.15, 0.2) is 34.8 Å². The molecule has 3 rings (SSSR count). The summed E-state index contributed by atoms with van der Waals surface area (Å²) in [5, 5.41) is 0. The fraction of sp³-hybridized carbons (Fsp3) is 0.524. The molecule has 0 saturated carbocycles. The minimum Gasteiger partial charge on any atom is -0.339 e. The van der Waals surface area contributed by atoms with Crippen molar-refractivity contribution in [3.05, 3.63) is 40.4 Å². The second-order valence-electron chi connectivity index (χ2n) is 7.42. The third-order valence-electron chi connectivity index (χ3n) is 5.43. The van der Waals surface area contributed by atoms with Crippen LogP contribution in [0.1, 0.15) is 31.7 Å². The largest absolute Gasteiger partial charge is 0.339 e. The number of hydrogen-bond donors (Lipinski definition) is 0. The standard InChI is InChI=1S/C21H28BrN3O2/c1-17-5-2-3-10-25(17)21(27)16-23-11-13-24(14-12-23)20(26)9-8-18-6-4-7-19(22)15-18/h4,6-9,15,17H,2-3,5,10-14,16H2,1H3. The summed E-state index contributed by atoms with van der Waals surface area (Å²) in [7, 11) is 0. The van der Waals surface area contributed by atoms with Gasteiger partial charge in [-0.25, -0.2) is 0 Å². The molecule has 1 atom stereocenters. The van der Waals surface area contributed by atoms with Gasteiger partial charge in [-0.1, -0.05) is 28.1 Å². The van der Waals surface area contributed by atoms with Crippen LogP contribution < -0.4 is 0 Å². The zero-order valence-corrected chi connectivity index (χ0v) is 17.5. The number of piperidine rings is 1. The van der Waals surface area contributed by atoms with Crippen molar-refractivity contribution < 1.29 is 9.59 Å². The SMILES string of the molecule is CC1CCCCN1C(=O)CN1CCN(C(=O)C=Cc2cccc(Br)c2)CC1. The number of likely N-dealkylation sites (tertiary alicyclic amines) is 1. The Hall–Kier alpha value is -1.66. The highest BCUT2D eigenvalue weighted by Gasteiger charge is 2.26. The highest BCUT2D eigenvalue weighted by molar-refractivity contribution is 9.10. The Morgan fingerprint density at radius 2 is 1.93 bits per heavy atom. The molecule has 2 fully saturated rings. The van der Waals surface area contributed by atoms with Gasteiger partial charge >= 0.3 is 0 Å². The van der Waals surface area contributed by atoms with Gasteiger partial charge in [0.15, 0.2) is 0 Å². The van der Waals surface area contributed by atoms with Gasteiger partial charge in [0.05, 0.1) is 6.54 Å². The third kappa shape index (κ3) is 5.66. The number of piperazine rings is 1. The molecular weight excluding hydrogens is 406 g/mol. The molecule has 0 radical (unpaired) electrons. The molecule has 6 heteroatoms. The number of halogens is 1. The summed E-state index contributed by atoms with van der Waals surface area (Å²) in [5.74, 6) is 0.266. The number of nitrogens with zero attached hydrogens (tertiary/aromatic N) is 3. The number of benzene rings is 1. The number of amides is 2. The lowest BCUT2D eigenvalue weighted by atomic mass is 10.0. The quantitative estimate of drug-likeness (QED) is 0.685. The monoisotopic (exact) mass is 433 g/mol. The van der Waals surface area contributed by atoms with Crippen molar-refractivity contribution >= 4 is 33.8 Å². The summed E-state index contributed by atoms with van der Waals surface area (Å²) in [6.45, 7) is 6.36. The van der Waals surface area contributed by atoms with E-state index < -0.39 is 0 Å². The highest BCUT2D eigenvalue weighted by atomic mass is 79.9. The minimum atomic E-state index is 0.0330. The van der Waals surface area contributed by atoms with Gasteiger partial charge in [0.25, 0.3) is 0 Å². The first-order chi connectivity index (χ1) is 13.0. The van der Waals surface area contributed by atoms with E-state index in [4.69, 9.17) is 0 Å². The lowest BCUT2D eigenvalue weighted by Crippen LogP contribution is -2.52. The van der Waals surface area contributed by atoms with Crippen LogP contribution in [0.25, 0.3) is 6.08 Å². The van der Waals surface area contributed by atoms with E-state index in [1.54, 1.807) is 6.08 Å². The topological polar surface area (TPSA) is 43.9 Å². The molecule has 1 unspecified atom stereocenters. The fourth-order valence-electron chi connectivity index (χ4n) is 3.76. The van der Waals surface area contributed by atoms with Crippen LogP contribution in [0.2, 0.25) is 0 Å². The second kappa shape index (κ2) is 9.51. The van der Waals surface area contributed by atoms with Crippen LogP contribution in [-0.4, -0.2) is 71.8 Å². The zero-order chi connectivity index (χ0) is 19.2. The van der Waals surface area contributed by atoms with Crippen molar-refractivity contribution in [3.63, 3.8) is 0 Å². The molecule has 2 aliphatic rings. The molecule has 1 aromatic carbocycles. The van der Waals surface area contributed by atoms with Crippen molar-refractivity contribution in [2.45, 2.75) is 32.2 Å². The van der Waals surface area contributed by atoms with Crippen LogP contribution in [0.3, 0.4) is 0 Å². The molecule has 0 aliphatic carbocycles. The van der Waals surface area contributed by atoms with Crippen LogP contribution >= 0.6 is 15.9 Å². The number of rotatable bonds is 4. The van der Waals surface area contributed by atoms with Gasteiger partial charge in [0, 0.05) is 49.3 Å². The Kier molecular flexibility index (Phi) is 7.07. The van der Waals surface area contributed by atoms with Gasteiger partial charge in [-0.3, -0.25) is 14.5 Å². The van der Waals surface area contributed by atoms with Gasteiger partial charge in [-0.15, -0.1) is 0 Å². The van der Waals surface area contributed by atoms with E-state index in [1.807, 2.05) is 40.1 Å². The molecule has 1 aromatic rings. The minimum absolute atomic E-state index is 0.0330. The first kappa shape index (κ1) is 20.1. The molecule has 0 spiro atoms. The van der Waals surface area contributed by atoms with Crippen molar-refractivity contribution in [3.8, 4) is 0 Å². The lowest BCUT2D eigenvalue weighted by Gasteiger charge is -2.37. The summed E-state index contributed by atoms with van der Waals surface area (Å²) < 4.78 is 0.999. The molecule has 2 aliphatic heterocycles. The maximum atomic E-state index is 12.6. The van der Waals surface area contributed by atoms with Gasteiger partial charge in [0.1, 0.15) is 0 Å². The maximum Gasteiger partial charge on any atom is 0.246 e. The normalized spacial score (nSPS) is 21.6. The molecule has 2 heterocycles. The van der Waals surface area contributed by atoms with Gasteiger partial charge in [-0.2, -0.15) is 0 Å². The first-order valence-electron chi connectivity index (χ1n) is 9.77. The summed E-state index contributed by atoms with van der Waals surface area (Å²) in [6.07, 6.45) is 6.93. The average molecular weight is 434 g/mol. The van der Waals surface area contributed by atoms with E-state index in [0.717, 1.165) is 42.5 Å². The summed E-state index contributed by atoms with van der Waals surface area (Å²) >= 11 is 3.44. The predicted octanol–water partition coefficient (Wildman–Crippen LogP) is 3.01. The Morgan fingerprint density at radius 3 is 2.63 bits per heavy atom. The van der Waals surface area contributed by atoms with Crippen molar-refractivity contribution in [1.82, 2.24) is 14.7 Å². The third-order valence-corrected chi connectivity index (χ3v) is 5.93. The number of carbonyl (C=O) groups excluding carboxylic acids is 2. The van der Waals surface area contributed by atoms with E-state index in [9.17, 15) is 9.59 Å².